The zero-order chi connectivity index (χ0) is 11.5. The van der Waals surface area contributed by atoms with Crippen LogP contribution in [0.3, 0.4) is 0 Å². The SMILES string of the molecule is CC(C)C(=O)CCc1cn2cccnc2n1. The first-order chi connectivity index (χ1) is 7.66. The van der Waals surface area contributed by atoms with Crippen LogP contribution in [0.5, 0.6) is 0 Å². The molecule has 0 atom stereocenters. The second-order valence-electron chi connectivity index (χ2n) is 4.18. The molecule has 2 rings (SSSR count). The van der Waals surface area contributed by atoms with Crippen LogP contribution in [-0.2, 0) is 11.2 Å². The van der Waals surface area contributed by atoms with Crippen molar-refractivity contribution in [2.75, 3.05) is 0 Å². The van der Waals surface area contributed by atoms with Crippen molar-refractivity contribution in [2.45, 2.75) is 26.7 Å². The number of nitrogens with zero attached hydrogens (tertiary/aromatic N) is 3. The number of imidazole rings is 1. The third-order valence-corrected chi connectivity index (χ3v) is 2.56. The third kappa shape index (κ3) is 2.27. The molecular formula is C12H15N3O. The minimum absolute atomic E-state index is 0.107. The van der Waals surface area contributed by atoms with E-state index in [-0.39, 0.29) is 11.7 Å². The van der Waals surface area contributed by atoms with E-state index in [2.05, 4.69) is 9.97 Å². The van der Waals surface area contributed by atoms with E-state index >= 15 is 0 Å². The topological polar surface area (TPSA) is 47.3 Å². The first-order valence-corrected chi connectivity index (χ1v) is 5.48. The second-order valence-corrected chi connectivity index (χ2v) is 4.18. The van der Waals surface area contributed by atoms with E-state index in [1.807, 2.05) is 36.7 Å². The summed E-state index contributed by atoms with van der Waals surface area (Å²) in [6.07, 6.45) is 6.80. The Morgan fingerprint density at radius 3 is 3.00 bits per heavy atom. The van der Waals surface area contributed by atoms with Crippen molar-refractivity contribution in [1.82, 2.24) is 14.4 Å². The van der Waals surface area contributed by atoms with Gasteiger partial charge in [-0.05, 0) is 12.5 Å². The van der Waals surface area contributed by atoms with E-state index in [9.17, 15) is 4.79 Å². The van der Waals surface area contributed by atoms with Gasteiger partial charge in [-0.25, -0.2) is 9.97 Å². The van der Waals surface area contributed by atoms with E-state index < -0.39 is 0 Å². The largest absolute Gasteiger partial charge is 0.299 e. The summed E-state index contributed by atoms with van der Waals surface area (Å²) in [6, 6.07) is 1.86. The summed E-state index contributed by atoms with van der Waals surface area (Å²) in [5.74, 6) is 1.08. The highest BCUT2D eigenvalue weighted by atomic mass is 16.1. The third-order valence-electron chi connectivity index (χ3n) is 2.56. The van der Waals surface area contributed by atoms with Gasteiger partial charge < -0.3 is 0 Å². The van der Waals surface area contributed by atoms with Gasteiger partial charge >= 0.3 is 0 Å². The standard InChI is InChI=1S/C12H15N3O/c1-9(2)11(16)5-4-10-8-15-7-3-6-13-12(15)14-10/h3,6-9H,4-5H2,1-2H3. The molecule has 0 N–H and O–H groups in total. The number of carbonyl (C=O) groups is 1. The molecule has 4 heteroatoms. The van der Waals surface area contributed by atoms with Crippen LogP contribution in [-0.4, -0.2) is 20.2 Å². The normalized spacial score (nSPS) is 11.2. The molecule has 0 unspecified atom stereocenters. The lowest BCUT2D eigenvalue weighted by molar-refractivity contribution is -0.121. The Morgan fingerprint density at radius 1 is 1.50 bits per heavy atom. The van der Waals surface area contributed by atoms with Crippen LogP contribution in [0.2, 0.25) is 0 Å². The van der Waals surface area contributed by atoms with Crippen LogP contribution >= 0.6 is 0 Å². The van der Waals surface area contributed by atoms with Gasteiger partial charge in [0.25, 0.3) is 0 Å². The predicted molar refractivity (Wildman–Crippen MR) is 61.2 cm³/mol. The Kier molecular flexibility index (Phi) is 2.99. The Bertz CT molecular complexity index is 469. The quantitative estimate of drug-likeness (QED) is 0.785. The zero-order valence-electron chi connectivity index (χ0n) is 9.55. The number of ketones is 1. The number of fused-ring (bicyclic) bond motifs is 1. The van der Waals surface area contributed by atoms with E-state index in [0.29, 0.717) is 18.6 Å². The predicted octanol–water partition coefficient (Wildman–Crippen LogP) is 1.89. The fourth-order valence-corrected chi connectivity index (χ4v) is 1.54. The highest BCUT2D eigenvalue weighted by Gasteiger charge is 2.09. The molecule has 0 radical (unpaired) electrons. The lowest BCUT2D eigenvalue weighted by Gasteiger charge is -2.01. The number of hydrogen-bond acceptors (Lipinski definition) is 3. The number of carbonyl (C=O) groups excluding carboxylic acids is 1. The molecule has 84 valence electrons. The molecule has 0 aliphatic rings. The summed E-state index contributed by atoms with van der Waals surface area (Å²) in [6.45, 7) is 3.85. The van der Waals surface area contributed by atoms with E-state index in [0.717, 1.165) is 5.69 Å². The second kappa shape index (κ2) is 4.43. The summed E-state index contributed by atoms with van der Waals surface area (Å²) in [5, 5.41) is 0. The van der Waals surface area contributed by atoms with Crippen LogP contribution in [0.25, 0.3) is 5.78 Å². The van der Waals surface area contributed by atoms with Gasteiger partial charge in [0.15, 0.2) is 0 Å². The van der Waals surface area contributed by atoms with Crippen molar-refractivity contribution in [3.8, 4) is 0 Å². The van der Waals surface area contributed by atoms with E-state index in [1.165, 1.54) is 0 Å². The maximum atomic E-state index is 11.5. The molecule has 0 saturated heterocycles. The molecule has 0 aromatic carbocycles. The minimum Gasteiger partial charge on any atom is -0.299 e. The smallest absolute Gasteiger partial charge is 0.233 e. The Hall–Kier alpha value is -1.71. The molecule has 0 bridgehead atoms. The highest BCUT2D eigenvalue weighted by molar-refractivity contribution is 5.80. The van der Waals surface area contributed by atoms with Gasteiger partial charge in [0.05, 0.1) is 5.69 Å². The van der Waals surface area contributed by atoms with Crippen LogP contribution in [0.4, 0.5) is 0 Å². The van der Waals surface area contributed by atoms with Crippen molar-refractivity contribution in [1.29, 1.82) is 0 Å². The van der Waals surface area contributed by atoms with Crippen LogP contribution < -0.4 is 0 Å². The molecular weight excluding hydrogens is 202 g/mol. The van der Waals surface area contributed by atoms with Crippen molar-refractivity contribution in [2.24, 2.45) is 5.92 Å². The van der Waals surface area contributed by atoms with Crippen molar-refractivity contribution < 1.29 is 4.79 Å². The Labute approximate surface area is 94.3 Å². The molecule has 2 aromatic heterocycles. The molecule has 0 saturated carbocycles. The fraction of sp³-hybridized carbons (Fsp3) is 0.417. The van der Waals surface area contributed by atoms with Gasteiger partial charge in [-0.1, -0.05) is 13.8 Å². The number of hydrogen-bond donors (Lipinski definition) is 0. The van der Waals surface area contributed by atoms with Gasteiger partial charge in [0.1, 0.15) is 5.78 Å². The molecule has 4 nitrogen and oxygen atoms in total. The maximum Gasteiger partial charge on any atom is 0.233 e. The maximum absolute atomic E-state index is 11.5. The van der Waals surface area contributed by atoms with Crippen molar-refractivity contribution in [3.05, 3.63) is 30.4 Å². The molecule has 0 aliphatic heterocycles. The average molecular weight is 217 g/mol. The fourth-order valence-electron chi connectivity index (χ4n) is 1.54. The van der Waals surface area contributed by atoms with Crippen LogP contribution in [0.1, 0.15) is 26.0 Å². The van der Waals surface area contributed by atoms with Crippen LogP contribution in [0.15, 0.2) is 24.7 Å². The lowest BCUT2D eigenvalue weighted by atomic mass is 10.0. The summed E-state index contributed by atoms with van der Waals surface area (Å²) >= 11 is 0. The molecule has 0 spiro atoms. The highest BCUT2D eigenvalue weighted by Crippen LogP contribution is 2.07. The lowest BCUT2D eigenvalue weighted by Crippen LogP contribution is -2.07. The van der Waals surface area contributed by atoms with Gasteiger partial charge in [0.2, 0.25) is 5.78 Å². The molecule has 2 heterocycles. The first-order valence-electron chi connectivity index (χ1n) is 5.48. The molecule has 0 fully saturated rings. The molecule has 0 amide bonds. The Morgan fingerprint density at radius 2 is 2.31 bits per heavy atom. The van der Waals surface area contributed by atoms with Crippen molar-refractivity contribution >= 4 is 11.6 Å². The average Bonchev–Trinajstić information content (AvgIpc) is 2.68. The van der Waals surface area contributed by atoms with E-state index in [4.69, 9.17) is 0 Å². The number of rotatable bonds is 4. The monoisotopic (exact) mass is 217 g/mol. The summed E-state index contributed by atoms with van der Waals surface area (Å²) < 4.78 is 1.87. The minimum atomic E-state index is 0.107. The number of aromatic nitrogens is 3. The van der Waals surface area contributed by atoms with E-state index in [1.54, 1.807) is 6.20 Å². The summed E-state index contributed by atoms with van der Waals surface area (Å²) in [5.41, 5.74) is 0.924. The zero-order valence-corrected chi connectivity index (χ0v) is 9.55. The summed E-state index contributed by atoms with van der Waals surface area (Å²) in [7, 11) is 0. The Balaban J connectivity index is 2.07. The van der Waals surface area contributed by atoms with Gasteiger partial charge in [-0.3, -0.25) is 9.20 Å². The summed E-state index contributed by atoms with van der Waals surface area (Å²) in [4.78, 5) is 20.0. The van der Waals surface area contributed by atoms with Gasteiger partial charge in [-0.2, -0.15) is 0 Å². The molecule has 2 aromatic rings. The van der Waals surface area contributed by atoms with Crippen LogP contribution in [0, 0.1) is 5.92 Å². The van der Waals surface area contributed by atoms with Gasteiger partial charge in [-0.15, -0.1) is 0 Å². The number of Topliss-reactive ketones (excluding diaryl/α,β-unsaturated/α-hetero) is 1. The van der Waals surface area contributed by atoms with Crippen molar-refractivity contribution in [3.63, 3.8) is 0 Å². The molecule has 16 heavy (non-hydrogen) atoms. The molecule has 0 aliphatic carbocycles. The first kappa shape index (κ1) is 10.8. The number of aryl methyl sites for hydroxylation is 1. The van der Waals surface area contributed by atoms with Gasteiger partial charge in [0, 0.05) is 30.9 Å².